The van der Waals surface area contributed by atoms with Crippen LogP contribution < -0.4 is 5.69 Å². The van der Waals surface area contributed by atoms with Crippen molar-refractivity contribution >= 4 is 0 Å². The second-order valence-corrected chi connectivity index (χ2v) is 5.30. The predicted molar refractivity (Wildman–Crippen MR) is 89.2 cm³/mol. The van der Waals surface area contributed by atoms with Crippen LogP contribution >= 0.6 is 0 Å². The van der Waals surface area contributed by atoms with Crippen LogP contribution in [0, 0.1) is 0 Å². The van der Waals surface area contributed by atoms with Gasteiger partial charge in [-0.2, -0.15) is 5.10 Å². The van der Waals surface area contributed by atoms with Gasteiger partial charge in [0.05, 0.1) is 12.2 Å². The summed E-state index contributed by atoms with van der Waals surface area (Å²) in [5.41, 5.74) is 2.65. The molecule has 4 rings (SSSR count). The molecule has 24 heavy (non-hydrogen) atoms. The van der Waals surface area contributed by atoms with Crippen LogP contribution in [0.3, 0.4) is 0 Å². The molecule has 0 spiro atoms. The fourth-order valence-electron chi connectivity index (χ4n) is 2.56. The van der Waals surface area contributed by atoms with Crippen molar-refractivity contribution < 1.29 is 0 Å². The molecule has 0 aliphatic rings. The summed E-state index contributed by atoms with van der Waals surface area (Å²) in [6, 6.07) is 13.9. The number of H-pyrrole nitrogens is 2. The number of aromatic nitrogens is 6. The number of rotatable bonds is 4. The number of pyridine rings is 1. The minimum absolute atomic E-state index is 0.314. The van der Waals surface area contributed by atoms with Gasteiger partial charge in [-0.3, -0.25) is 9.97 Å². The molecule has 3 aromatic heterocycles. The SMILES string of the molecule is O=c1[nH]nc(Cn2ccnc2-c2ccc(-c3ccccn3)cc2)[nH]1. The fraction of sp³-hybridized carbons (Fsp3) is 0.0588. The molecule has 0 aliphatic heterocycles. The van der Waals surface area contributed by atoms with Crippen molar-refractivity contribution in [1.29, 1.82) is 0 Å². The highest BCUT2D eigenvalue weighted by atomic mass is 16.1. The lowest BCUT2D eigenvalue weighted by atomic mass is 10.1. The Labute approximate surface area is 137 Å². The molecule has 1 aromatic carbocycles. The first-order valence-corrected chi connectivity index (χ1v) is 7.46. The molecular formula is C17H14N6O. The number of hydrogen-bond donors (Lipinski definition) is 2. The molecule has 118 valence electrons. The Morgan fingerprint density at radius 1 is 0.958 bits per heavy atom. The Morgan fingerprint density at radius 3 is 2.50 bits per heavy atom. The fourth-order valence-corrected chi connectivity index (χ4v) is 2.56. The Kier molecular flexibility index (Phi) is 3.51. The Bertz CT molecular complexity index is 997. The van der Waals surface area contributed by atoms with Crippen molar-refractivity contribution in [2.45, 2.75) is 6.54 Å². The molecule has 0 aliphatic carbocycles. The lowest BCUT2D eigenvalue weighted by Gasteiger charge is -2.07. The van der Waals surface area contributed by atoms with E-state index in [4.69, 9.17) is 0 Å². The first-order valence-electron chi connectivity index (χ1n) is 7.46. The maximum absolute atomic E-state index is 11.1. The van der Waals surface area contributed by atoms with Crippen LogP contribution in [0.1, 0.15) is 5.82 Å². The van der Waals surface area contributed by atoms with Crippen molar-refractivity contribution in [3.8, 4) is 22.6 Å². The summed E-state index contributed by atoms with van der Waals surface area (Å²) in [6.07, 6.45) is 5.36. The Morgan fingerprint density at radius 2 is 1.79 bits per heavy atom. The normalized spacial score (nSPS) is 10.8. The van der Waals surface area contributed by atoms with Gasteiger partial charge in [-0.05, 0) is 12.1 Å². The zero-order chi connectivity index (χ0) is 16.4. The minimum Gasteiger partial charge on any atom is -0.323 e. The Hall–Kier alpha value is -3.48. The van der Waals surface area contributed by atoms with E-state index in [1.807, 2.05) is 53.2 Å². The molecule has 2 N–H and O–H groups in total. The van der Waals surface area contributed by atoms with Crippen molar-refractivity contribution in [1.82, 2.24) is 29.7 Å². The van der Waals surface area contributed by atoms with Crippen molar-refractivity contribution in [2.24, 2.45) is 0 Å². The van der Waals surface area contributed by atoms with Crippen molar-refractivity contribution in [3.63, 3.8) is 0 Å². The first-order chi connectivity index (χ1) is 11.8. The number of imidazole rings is 1. The summed E-state index contributed by atoms with van der Waals surface area (Å²) in [4.78, 5) is 22.5. The van der Waals surface area contributed by atoms with Gasteiger partial charge in [-0.15, -0.1) is 0 Å². The van der Waals surface area contributed by atoms with Crippen molar-refractivity contribution in [3.05, 3.63) is 77.4 Å². The van der Waals surface area contributed by atoms with Gasteiger partial charge in [0.1, 0.15) is 5.82 Å². The highest BCUT2D eigenvalue weighted by Crippen LogP contribution is 2.22. The van der Waals surface area contributed by atoms with Gasteiger partial charge in [-0.1, -0.05) is 30.3 Å². The molecule has 0 fully saturated rings. The lowest BCUT2D eigenvalue weighted by Crippen LogP contribution is -2.05. The van der Waals surface area contributed by atoms with E-state index in [9.17, 15) is 4.79 Å². The smallest absolute Gasteiger partial charge is 0.323 e. The van der Waals surface area contributed by atoms with Gasteiger partial charge in [-0.25, -0.2) is 14.9 Å². The largest absolute Gasteiger partial charge is 0.340 e. The van der Waals surface area contributed by atoms with Gasteiger partial charge in [0.25, 0.3) is 0 Å². The van der Waals surface area contributed by atoms with E-state index < -0.39 is 0 Å². The second-order valence-electron chi connectivity index (χ2n) is 5.30. The van der Waals surface area contributed by atoms with E-state index in [-0.39, 0.29) is 5.69 Å². The van der Waals surface area contributed by atoms with E-state index in [2.05, 4.69) is 25.1 Å². The number of nitrogens with zero attached hydrogens (tertiary/aromatic N) is 4. The van der Waals surface area contributed by atoms with Gasteiger partial charge >= 0.3 is 5.69 Å². The molecule has 0 atom stereocenters. The molecule has 4 aromatic rings. The third-order valence-electron chi connectivity index (χ3n) is 3.69. The summed E-state index contributed by atoms with van der Waals surface area (Å²) in [6.45, 7) is 0.441. The molecule has 7 heteroatoms. The number of nitrogens with one attached hydrogen (secondary N) is 2. The topological polar surface area (TPSA) is 92.2 Å². The quantitative estimate of drug-likeness (QED) is 0.602. The number of hydrogen-bond acceptors (Lipinski definition) is 4. The molecule has 0 unspecified atom stereocenters. The standard InChI is InChI=1S/C17H14N6O/c24-17-20-15(21-22-17)11-23-10-9-19-16(23)13-6-4-12(5-7-13)14-3-1-2-8-18-14/h1-10H,11H2,(H2,20,21,22,24). The zero-order valence-corrected chi connectivity index (χ0v) is 12.7. The maximum atomic E-state index is 11.1. The van der Waals surface area contributed by atoms with Crippen LogP contribution in [0.15, 0.2) is 65.8 Å². The summed E-state index contributed by atoms with van der Waals surface area (Å²) < 4.78 is 1.93. The molecule has 0 bridgehead atoms. The Balaban J connectivity index is 1.63. The van der Waals surface area contributed by atoms with E-state index in [1.165, 1.54) is 0 Å². The van der Waals surface area contributed by atoms with Gasteiger partial charge in [0.15, 0.2) is 5.82 Å². The van der Waals surface area contributed by atoms with Gasteiger partial charge in [0.2, 0.25) is 0 Å². The lowest BCUT2D eigenvalue weighted by molar-refractivity contribution is 0.755. The minimum atomic E-state index is -0.314. The molecule has 0 radical (unpaired) electrons. The monoisotopic (exact) mass is 318 g/mol. The van der Waals surface area contributed by atoms with E-state index in [0.29, 0.717) is 12.4 Å². The highest BCUT2D eigenvalue weighted by molar-refractivity contribution is 5.65. The molecule has 0 saturated heterocycles. The van der Waals surface area contributed by atoms with Crippen LogP contribution in [-0.2, 0) is 6.54 Å². The third-order valence-corrected chi connectivity index (χ3v) is 3.69. The van der Waals surface area contributed by atoms with Crippen LogP contribution in [0.25, 0.3) is 22.6 Å². The summed E-state index contributed by atoms with van der Waals surface area (Å²) in [5.74, 6) is 1.37. The maximum Gasteiger partial charge on any atom is 0.340 e. The third kappa shape index (κ3) is 2.74. The van der Waals surface area contributed by atoms with Gasteiger partial charge in [0, 0.05) is 29.7 Å². The molecule has 0 amide bonds. The van der Waals surface area contributed by atoms with Crippen LogP contribution in [0.4, 0.5) is 0 Å². The molecule has 3 heterocycles. The molecule has 7 nitrogen and oxygen atoms in total. The second kappa shape index (κ2) is 5.96. The van der Waals surface area contributed by atoms with Crippen molar-refractivity contribution in [2.75, 3.05) is 0 Å². The number of benzene rings is 1. The average Bonchev–Trinajstić information content (AvgIpc) is 3.25. The van der Waals surface area contributed by atoms with E-state index in [1.54, 1.807) is 12.4 Å². The molecular weight excluding hydrogens is 304 g/mol. The summed E-state index contributed by atoms with van der Waals surface area (Å²) >= 11 is 0. The predicted octanol–water partition coefficient (Wildman–Crippen LogP) is 2.07. The average molecular weight is 318 g/mol. The summed E-state index contributed by atoms with van der Waals surface area (Å²) in [7, 11) is 0. The van der Waals surface area contributed by atoms with Crippen LogP contribution in [-0.4, -0.2) is 29.7 Å². The van der Waals surface area contributed by atoms with Gasteiger partial charge < -0.3 is 4.57 Å². The van der Waals surface area contributed by atoms with Crippen LogP contribution in [0.2, 0.25) is 0 Å². The van der Waals surface area contributed by atoms with E-state index in [0.717, 1.165) is 22.6 Å². The highest BCUT2D eigenvalue weighted by Gasteiger charge is 2.09. The zero-order valence-electron chi connectivity index (χ0n) is 12.7. The molecule has 0 saturated carbocycles. The van der Waals surface area contributed by atoms with E-state index >= 15 is 0 Å². The van der Waals surface area contributed by atoms with Crippen LogP contribution in [0.5, 0.6) is 0 Å². The summed E-state index contributed by atoms with van der Waals surface area (Å²) in [5, 5.41) is 6.29. The number of aromatic amines is 2. The first kappa shape index (κ1) is 14.1.